The van der Waals surface area contributed by atoms with Crippen LogP contribution >= 0.6 is 0 Å². The third-order valence-electron chi connectivity index (χ3n) is 6.61. The average molecular weight is 398 g/mol. The molecule has 2 saturated carbocycles. The van der Waals surface area contributed by atoms with Crippen LogP contribution in [0.4, 0.5) is 22.0 Å². The van der Waals surface area contributed by atoms with E-state index in [1.165, 1.54) is 25.3 Å². The number of fused-ring (bicyclic) bond motifs is 2. The molecule has 0 aliphatic heterocycles. The van der Waals surface area contributed by atoms with Crippen molar-refractivity contribution >= 4 is 10.8 Å². The maximum absolute atomic E-state index is 14.7. The van der Waals surface area contributed by atoms with Crippen LogP contribution in [0.5, 0.6) is 5.75 Å². The summed E-state index contributed by atoms with van der Waals surface area (Å²) in [5, 5.41) is -0.480. The Labute approximate surface area is 160 Å². The second-order valence-corrected chi connectivity index (χ2v) is 8.43. The fourth-order valence-electron chi connectivity index (χ4n) is 5.28. The molecule has 0 spiro atoms. The van der Waals surface area contributed by atoms with E-state index in [1.54, 1.807) is 6.07 Å². The Kier molecular flexibility index (Phi) is 5.23. The quantitative estimate of drug-likeness (QED) is 0.498. The van der Waals surface area contributed by atoms with Crippen LogP contribution in [0.25, 0.3) is 10.8 Å². The van der Waals surface area contributed by atoms with Gasteiger partial charge in [-0.15, -0.1) is 0 Å². The van der Waals surface area contributed by atoms with Crippen molar-refractivity contribution in [1.82, 2.24) is 0 Å². The smallest absolute Gasteiger partial charge is 0.387 e. The van der Waals surface area contributed by atoms with Crippen LogP contribution in [0.2, 0.25) is 0 Å². The van der Waals surface area contributed by atoms with Gasteiger partial charge in [0.2, 0.25) is 0 Å². The summed E-state index contributed by atoms with van der Waals surface area (Å²) in [5.41, 5.74) is 0.725. The lowest BCUT2D eigenvalue weighted by Crippen LogP contribution is -2.29. The van der Waals surface area contributed by atoms with Crippen molar-refractivity contribution in [2.75, 3.05) is 0 Å². The first-order valence-electron chi connectivity index (χ1n) is 9.89. The molecule has 4 rings (SSSR count). The second-order valence-electron chi connectivity index (χ2n) is 8.43. The Balaban J connectivity index is 1.66. The molecule has 2 aromatic carbocycles. The van der Waals surface area contributed by atoms with Gasteiger partial charge in [-0.2, -0.15) is 8.78 Å². The summed E-state index contributed by atoms with van der Waals surface area (Å²) in [5.74, 6) is -2.56. The van der Waals surface area contributed by atoms with E-state index < -0.39 is 35.2 Å². The highest BCUT2D eigenvalue weighted by molar-refractivity contribution is 5.86. The summed E-state index contributed by atoms with van der Waals surface area (Å²) in [6.07, 6.45) is 6.60. The highest BCUT2D eigenvalue weighted by Crippen LogP contribution is 2.48. The Bertz CT molecular complexity index is 881. The van der Waals surface area contributed by atoms with E-state index in [0.717, 1.165) is 36.8 Å². The molecule has 2 aliphatic carbocycles. The first-order valence-corrected chi connectivity index (χ1v) is 9.89. The number of ether oxygens (including phenoxy) is 1. The zero-order valence-electron chi connectivity index (χ0n) is 15.7. The molecule has 0 amide bonds. The molecule has 0 heterocycles. The van der Waals surface area contributed by atoms with Crippen molar-refractivity contribution in [3.05, 3.63) is 41.2 Å². The van der Waals surface area contributed by atoms with Gasteiger partial charge in [0.25, 0.3) is 0 Å². The van der Waals surface area contributed by atoms with Crippen LogP contribution in [0, 0.1) is 35.2 Å². The van der Waals surface area contributed by atoms with Crippen LogP contribution in [-0.2, 0) is 0 Å². The molecule has 1 nitrogen and oxygen atoms in total. The first-order chi connectivity index (χ1) is 13.3. The van der Waals surface area contributed by atoms with Gasteiger partial charge in [0.1, 0.15) is 5.82 Å². The van der Waals surface area contributed by atoms with E-state index in [2.05, 4.69) is 11.7 Å². The van der Waals surface area contributed by atoms with Gasteiger partial charge in [-0.05, 0) is 78.9 Å². The normalized spacial score (nSPS) is 27.8. The SMILES string of the molecule is C[C@@H]1CC[C@@H]2CC(c3cc(F)c4c(F)c(OC(F)F)c(F)cc4c3)CCC2C1. The molecule has 0 bridgehead atoms. The standard InChI is InChI=1S/C22H23F5O/c1-11-2-3-13-7-14(5-4-12(13)6-11)15-8-16-10-18(24)21(28-22(26)27)20(25)19(16)17(23)9-15/h8-14,22H,2-7H2,1H3/t11-,12?,13-,14?/m1/s1. The number of alkyl halides is 2. The molecular weight excluding hydrogens is 375 g/mol. The van der Waals surface area contributed by atoms with Crippen LogP contribution in [0.15, 0.2) is 18.2 Å². The molecule has 4 atom stereocenters. The van der Waals surface area contributed by atoms with Gasteiger partial charge in [-0.3, -0.25) is 0 Å². The summed E-state index contributed by atoms with van der Waals surface area (Å²) in [7, 11) is 0. The lowest BCUT2D eigenvalue weighted by Gasteiger charge is -2.41. The lowest BCUT2D eigenvalue weighted by molar-refractivity contribution is -0.0544. The zero-order valence-corrected chi connectivity index (χ0v) is 15.7. The topological polar surface area (TPSA) is 9.23 Å². The highest BCUT2D eigenvalue weighted by atomic mass is 19.3. The molecule has 2 unspecified atom stereocenters. The van der Waals surface area contributed by atoms with E-state index in [1.807, 2.05) is 0 Å². The van der Waals surface area contributed by atoms with Gasteiger partial charge >= 0.3 is 6.61 Å². The molecule has 0 radical (unpaired) electrons. The summed E-state index contributed by atoms with van der Waals surface area (Å²) in [6.45, 7) is -1.10. The molecule has 0 N–H and O–H groups in total. The molecule has 28 heavy (non-hydrogen) atoms. The van der Waals surface area contributed by atoms with Gasteiger partial charge < -0.3 is 4.74 Å². The first kappa shape index (κ1) is 19.5. The number of benzene rings is 2. The highest BCUT2D eigenvalue weighted by Gasteiger charge is 2.35. The largest absolute Gasteiger partial charge is 0.429 e. The molecule has 152 valence electrons. The maximum Gasteiger partial charge on any atom is 0.387 e. The fraction of sp³-hybridized carbons (Fsp3) is 0.545. The van der Waals surface area contributed by atoms with Crippen LogP contribution < -0.4 is 4.74 Å². The van der Waals surface area contributed by atoms with E-state index >= 15 is 0 Å². The van der Waals surface area contributed by atoms with Crippen molar-refractivity contribution in [2.45, 2.75) is 58.0 Å². The van der Waals surface area contributed by atoms with Crippen molar-refractivity contribution < 1.29 is 26.7 Å². The molecule has 2 aliphatic rings. The number of halogens is 5. The molecule has 0 aromatic heterocycles. The Morgan fingerprint density at radius 2 is 1.61 bits per heavy atom. The summed E-state index contributed by atoms with van der Waals surface area (Å²) in [4.78, 5) is 0. The van der Waals surface area contributed by atoms with Crippen LogP contribution in [-0.4, -0.2) is 6.61 Å². The van der Waals surface area contributed by atoms with Crippen molar-refractivity contribution in [1.29, 1.82) is 0 Å². The van der Waals surface area contributed by atoms with E-state index in [4.69, 9.17) is 0 Å². The lowest BCUT2D eigenvalue weighted by atomic mass is 9.64. The third-order valence-corrected chi connectivity index (χ3v) is 6.61. The summed E-state index contributed by atoms with van der Waals surface area (Å²) < 4.78 is 71.9. The molecule has 2 fully saturated rings. The van der Waals surface area contributed by atoms with Crippen molar-refractivity contribution in [2.24, 2.45) is 17.8 Å². The number of hydrogen-bond donors (Lipinski definition) is 0. The predicted octanol–water partition coefficient (Wildman–Crippen LogP) is 7.18. The van der Waals surface area contributed by atoms with E-state index in [9.17, 15) is 22.0 Å². The molecule has 2 aromatic rings. The zero-order chi connectivity index (χ0) is 20.0. The summed E-state index contributed by atoms with van der Waals surface area (Å²) >= 11 is 0. The van der Waals surface area contributed by atoms with E-state index in [0.29, 0.717) is 11.8 Å². The van der Waals surface area contributed by atoms with Crippen LogP contribution in [0.3, 0.4) is 0 Å². The number of hydrogen-bond acceptors (Lipinski definition) is 1. The Hall–Kier alpha value is -1.85. The van der Waals surface area contributed by atoms with Gasteiger partial charge in [-0.1, -0.05) is 19.4 Å². The minimum absolute atomic E-state index is 0.0333. The number of rotatable bonds is 3. The van der Waals surface area contributed by atoms with Gasteiger partial charge in [0.15, 0.2) is 17.4 Å². The second kappa shape index (κ2) is 7.53. The van der Waals surface area contributed by atoms with Crippen molar-refractivity contribution in [3.8, 4) is 5.75 Å². The monoisotopic (exact) mass is 398 g/mol. The molecule has 6 heteroatoms. The third kappa shape index (κ3) is 3.58. The molecular formula is C22H23F5O. The molecule has 0 saturated heterocycles. The van der Waals surface area contributed by atoms with Crippen LogP contribution in [0.1, 0.15) is 56.9 Å². The van der Waals surface area contributed by atoms with Gasteiger partial charge in [0.05, 0.1) is 5.39 Å². The van der Waals surface area contributed by atoms with Gasteiger partial charge in [-0.25, -0.2) is 13.2 Å². The maximum atomic E-state index is 14.7. The minimum atomic E-state index is -3.39. The minimum Gasteiger partial charge on any atom is -0.429 e. The predicted molar refractivity (Wildman–Crippen MR) is 97.0 cm³/mol. The Morgan fingerprint density at radius 3 is 2.36 bits per heavy atom. The average Bonchev–Trinajstić information content (AvgIpc) is 2.63. The van der Waals surface area contributed by atoms with Crippen molar-refractivity contribution in [3.63, 3.8) is 0 Å². The van der Waals surface area contributed by atoms with Gasteiger partial charge in [0, 0.05) is 0 Å². The summed E-state index contributed by atoms with van der Waals surface area (Å²) in [6, 6.07) is 3.73. The van der Waals surface area contributed by atoms with E-state index in [-0.39, 0.29) is 11.3 Å². The Morgan fingerprint density at radius 1 is 0.893 bits per heavy atom. The fourth-order valence-corrected chi connectivity index (χ4v) is 5.28.